The Bertz CT molecular complexity index is 1120. The maximum atomic E-state index is 12.0. The number of ether oxygens (including phenoxy) is 2. The third-order valence-electron chi connectivity index (χ3n) is 4.21. The van der Waals surface area contributed by atoms with E-state index in [1.807, 2.05) is 24.3 Å². The molecule has 0 saturated heterocycles. The van der Waals surface area contributed by atoms with E-state index in [9.17, 15) is 9.59 Å². The highest BCUT2D eigenvalue weighted by Gasteiger charge is 2.17. The number of azo groups is 1. The average Bonchev–Trinajstić information content (AvgIpc) is 3.20. The molecule has 0 radical (unpaired) electrons. The predicted molar refractivity (Wildman–Crippen MR) is 104 cm³/mol. The molecule has 30 heavy (non-hydrogen) atoms. The van der Waals surface area contributed by atoms with E-state index in [0.29, 0.717) is 17.4 Å². The molecule has 1 atom stereocenters. The first-order valence-electron chi connectivity index (χ1n) is 9.04. The van der Waals surface area contributed by atoms with Crippen LogP contribution in [0.1, 0.15) is 0 Å². The summed E-state index contributed by atoms with van der Waals surface area (Å²) >= 11 is 0. The summed E-state index contributed by atoms with van der Waals surface area (Å²) in [6, 6.07) is 10.0. The van der Waals surface area contributed by atoms with Crippen molar-refractivity contribution in [3.63, 3.8) is 0 Å². The fourth-order valence-corrected chi connectivity index (χ4v) is 2.71. The van der Waals surface area contributed by atoms with Gasteiger partial charge in [-0.2, -0.15) is 9.63 Å². The quantitative estimate of drug-likeness (QED) is 0.582. The Kier molecular flexibility index (Phi) is 5.42. The van der Waals surface area contributed by atoms with Gasteiger partial charge in [-0.1, -0.05) is 0 Å². The van der Waals surface area contributed by atoms with Crippen molar-refractivity contribution < 1.29 is 19.1 Å². The van der Waals surface area contributed by atoms with Crippen LogP contribution in [0.4, 0.5) is 0 Å². The van der Waals surface area contributed by atoms with Crippen molar-refractivity contribution in [3.8, 4) is 23.0 Å². The van der Waals surface area contributed by atoms with E-state index in [0.717, 1.165) is 11.3 Å². The summed E-state index contributed by atoms with van der Waals surface area (Å²) in [5.41, 5.74) is 1.40. The van der Waals surface area contributed by atoms with Crippen LogP contribution in [0.15, 0.2) is 58.8 Å². The number of hydrogen-bond donors (Lipinski definition) is 1. The van der Waals surface area contributed by atoms with E-state index in [1.54, 1.807) is 23.8 Å². The maximum Gasteiger partial charge on any atom is 0.287 e. The van der Waals surface area contributed by atoms with E-state index >= 15 is 0 Å². The normalized spacial score (nSPS) is 15.4. The second kappa shape index (κ2) is 8.47. The van der Waals surface area contributed by atoms with Gasteiger partial charge in [0.25, 0.3) is 11.8 Å². The van der Waals surface area contributed by atoms with Crippen LogP contribution >= 0.6 is 0 Å². The van der Waals surface area contributed by atoms with Crippen LogP contribution in [0, 0.1) is 0 Å². The first kappa shape index (κ1) is 19.2. The molecular weight excluding hydrogens is 390 g/mol. The molecule has 3 heterocycles. The highest BCUT2D eigenvalue weighted by Crippen LogP contribution is 2.21. The summed E-state index contributed by atoms with van der Waals surface area (Å²) < 4.78 is 12.4. The molecule has 1 aromatic carbocycles. The minimum absolute atomic E-state index is 0.191. The predicted octanol–water partition coefficient (Wildman–Crippen LogP) is 1.21. The smallest absolute Gasteiger partial charge is 0.287 e. The number of fused-ring (bicyclic) bond motifs is 1. The Balaban J connectivity index is 1.38. The zero-order valence-corrected chi connectivity index (χ0v) is 15.9. The zero-order valence-electron chi connectivity index (χ0n) is 15.9. The van der Waals surface area contributed by atoms with Crippen molar-refractivity contribution in [1.82, 2.24) is 25.1 Å². The van der Waals surface area contributed by atoms with Gasteiger partial charge in [-0.25, -0.2) is 0 Å². The standard InChI is InChI=1S/C19H17N7O4/c1-29-13-4-2-12(3-5-13)18-24-22-15-7-9-17(25-26(15)18)30-11-10-20-19(28)14-6-8-16(27)23-21-14/h2-9,14H,10-11H2,1H3,(H,20,28). The summed E-state index contributed by atoms with van der Waals surface area (Å²) in [5.74, 6) is 0.815. The Labute approximate surface area is 170 Å². The number of aromatic nitrogens is 4. The van der Waals surface area contributed by atoms with Crippen LogP contribution in [0.25, 0.3) is 17.0 Å². The molecule has 0 aliphatic carbocycles. The lowest BCUT2D eigenvalue weighted by molar-refractivity contribution is -0.121. The van der Waals surface area contributed by atoms with Gasteiger partial charge in [0.15, 0.2) is 17.5 Å². The van der Waals surface area contributed by atoms with Crippen molar-refractivity contribution in [3.05, 3.63) is 48.6 Å². The van der Waals surface area contributed by atoms with Crippen LogP contribution < -0.4 is 14.8 Å². The van der Waals surface area contributed by atoms with Crippen molar-refractivity contribution in [1.29, 1.82) is 0 Å². The molecule has 1 unspecified atom stereocenters. The number of nitrogens with one attached hydrogen (secondary N) is 1. The Morgan fingerprint density at radius 2 is 2.00 bits per heavy atom. The van der Waals surface area contributed by atoms with Gasteiger partial charge in [0.05, 0.1) is 13.7 Å². The van der Waals surface area contributed by atoms with Gasteiger partial charge >= 0.3 is 0 Å². The van der Waals surface area contributed by atoms with Crippen LogP contribution in [0.2, 0.25) is 0 Å². The van der Waals surface area contributed by atoms with Crippen LogP contribution in [-0.2, 0) is 9.59 Å². The molecule has 0 saturated carbocycles. The monoisotopic (exact) mass is 407 g/mol. The molecule has 1 aliphatic rings. The minimum Gasteiger partial charge on any atom is -0.497 e. The Morgan fingerprint density at radius 3 is 2.73 bits per heavy atom. The van der Waals surface area contributed by atoms with E-state index in [4.69, 9.17) is 9.47 Å². The lowest BCUT2D eigenvalue weighted by Gasteiger charge is -2.10. The summed E-state index contributed by atoms with van der Waals surface area (Å²) in [4.78, 5) is 22.9. The van der Waals surface area contributed by atoms with E-state index in [-0.39, 0.29) is 19.1 Å². The number of carbonyl (C=O) groups is 2. The number of nitrogens with zero attached hydrogens (tertiary/aromatic N) is 6. The molecule has 2 amide bonds. The number of rotatable bonds is 7. The van der Waals surface area contributed by atoms with Crippen molar-refractivity contribution in [2.75, 3.05) is 20.3 Å². The van der Waals surface area contributed by atoms with Gasteiger partial charge in [0, 0.05) is 17.7 Å². The Hall–Kier alpha value is -4.15. The van der Waals surface area contributed by atoms with Gasteiger partial charge in [-0.3, -0.25) is 9.59 Å². The lowest BCUT2D eigenvalue weighted by atomic mass is 10.2. The third kappa shape index (κ3) is 4.14. The fraction of sp³-hybridized carbons (Fsp3) is 0.211. The van der Waals surface area contributed by atoms with Gasteiger partial charge in [-0.05, 0) is 36.4 Å². The zero-order chi connectivity index (χ0) is 20.9. The average molecular weight is 407 g/mol. The molecule has 3 aromatic rings. The molecular formula is C19H17N7O4. The molecule has 4 rings (SSSR count). The van der Waals surface area contributed by atoms with Gasteiger partial charge in [0.2, 0.25) is 5.88 Å². The molecule has 0 bridgehead atoms. The number of methoxy groups -OCH3 is 1. The highest BCUT2D eigenvalue weighted by atomic mass is 16.5. The molecule has 0 spiro atoms. The summed E-state index contributed by atoms with van der Waals surface area (Å²) in [5, 5.41) is 22.4. The first-order chi connectivity index (χ1) is 14.6. The number of amides is 2. The summed E-state index contributed by atoms with van der Waals surface area (Å²) in [6.07, 6.45) is 2.61. The highest BCUT2D eigenvalue weighted by molar-refractivity contribution is 5.92. The second-order valence-electron chi connectivity index (χ2n) is 6.19. The number of benzene rings is 1. The van der Waals surface area contributed by atoms with E-state index < -0.39 is 11.9 Å². The van der Waals surface area contributed by atoms with Gasteiger partial charge in [0.1, 0.15) is 12.4 Å². The molecule has 11 nitrogen and oxygen atoms in total. The summed E-state index contributed by atoms with van der Waals surface area (Å²) in [6.45, 7) is 0.427. The molecule has 0 fully saturated rings. The van der Waals surface area contributed by atoms with E-state index in [2.05, 4.69) is 30.8 Å². The molecule has 11 heteroatoms. The third-order valence-corrected chi connectivity index (χ3v) is 4.21. The van der Waals surface area contributed by atoms with Crippen molar-refractivity contribution in [2.45, 2.75) is 6.04 Å². The Morgan fingerprint density at radius 1 is 1.17 bits per heavy atom. The maximum absolute atomic E-state index is 12.0. The second-order valence-corrected chi connectivity index (χ2v) is 6.19. The van der Waals surface area contributed by atoms with Crippen LogP contribution in [0.3, 0.4) is 0 Å². The number of hydrogen-bond acceptors (Lipinski definition) is 8. The van der Waals surface area contributed by atoms with Gasteiger partial charge in [-0.15, -0.1) is 20.4 Å². The van der Waals surface area contributed by atoms with Crippen LogP contribution in [-0.4, -0.2) is 57.9 Å². The topological polar surface area (TPSA) is 132 Å². The SMILES string of the molecule is COc1ccc(-c2nnc3ccc(OCCNC(=O)C4C=CC(=O)N=N4)nn23)cc1. The van der Waals surface area contributed by atoms with E-state index in [1.165, 1.54) is 12.2 Å². The fourth-order valence-electron chi connectivity index (χ4n) is 2.71. The first-order valence-corrected chi connectivity index (χ1v) is 9.04. The number of carbonyl (C=O) groups excluding carboxylic acids is 2. The molecule has 2 aromatic heterocycles. The molecule has 1 aliphatic heterocycles. The largest absolute Gasteiger partial charge is 0.497 e. The van der Waals surface area contributed by atoms with Crippen molar-refractivity contribution >= 4 is 17.5 Å². The molecule has 1 N–H and O–H groups in total. The van der Waals surface area contributed by atoms with Crippen molar-refractivity contribution in [2.24, 2.45) is 10.2 Å². The lowest BCUT2D eigenvalue weighted by Crippen LogP contribution is -2.35. The van der Waals surface area contributed by atoms with Gasteiger partial charge < -0.3 is 14.8 Å². The minimum atomic E-state index is -0.804. The van der Waals surface area contributed by atoms with Crippen LogP contribution in [0.5, 0.6) is 11.6 Å². The summed E-state index contributed by atoms with van der Waals surface area (Å²) in [7, 11) is 1.60. The molecule has 152 valence electrons.